The summed E-state index contributed by atoms with van der Waals surface area (Å²) in [5.74, 6) is -0.148. The molecule has 0 N–H and O–H groups in total. The number of rotatable bonds is 9. The molecule has 2 saturated heterocycles. The van der Waals surface area contributed by atoms with Crippen LogP contribution in [0.1, 0.15) is 64.2 Å². The first-order valence-corrected chi connectivity index (χ1v) is 8.26. The maximum absolute atomic E-state index is 11.4. The second-order valence-electron chi connectivity index (χ2n) is 6.00. The van der Waals surface area contributed by atoms with Gasteiger partial charge in [-0.1, -0.05) is 25.7 Å². The molecular formula is C16H24N2O4. The molecule has 0 saturated carbocycles. The van der Waals surface area contributed by atoms with Crippen molar-refractivity contribution >= 4 is 23.6 Å². The summed E-state index contributed by atoms with van der Waals surface area (Å²) in [6, 6.07) is 0. The van der Waals surface area contributed by atoms with E-state index in [0.29, 0.717) is 38.8 Å². The molecule has 6 heteroatoms. The van der Waals surface area contributed by atoms with Crippen molar-refractivity contribution in [3.8, 4) is 0 Å². The summed E-state index contributed by atoms with van der Waals surface area (Å²) in [4.78, 5) is 48.4. The number of carbonyl (C=O) groups excluding carboxylic acids is 4. The van der Waals surface area contributed by atoms with Gasteiger partial charge in [0.05, 0.1) is 0 Å². The zero-order valence-corrected chi connectivity index (χ0v) is 13.0. The summed E-state index contributed by atoms with van der Waals surface area (Å²) in [6.07, 6.45) is 7.30. The molecule has 6 nitrogen and oxygen atoms in total. The summed E-state index contributed by atoms with van der Waals surface area (Å²) in [5, 5.41) is 0. The third-order valence-corrected chi connectivity index (χ3v) is 4.32. The lowest BCUT2D eigenvalue weighted by Crippen LogP contribution is -2.30. The topological polar surface area (TPSA) is 74.8 Å². The molecule has 0 unspecified atom stereocenters. The van der Waals surface area contributed by atoms with Crippen LogP contribution in [0.4, 0.5) is 0 Å². The standard InChI is InChI=1S/C16H24N2O4/c19-13-7-8-14(20)17(13)11-5-3-1-2-4-6-12-18-15(21)9-10-16(18)22/h1-12H2. The Kier molecular flexibility index (Phi) is 6.10. The van der Waals surface area contributed by atoms with Gasteiger partial charge in [0.15, 0.2) is 0 Å². The lowest BCUT2D eigenvalue weighted by molar-refractivity contribution is -0.140. The van der Waals surface area contributed by atoms with E-state index in [1.807, 2.05) is 0 Å². The maximum Gasteiger partial charge on any atom is 0.229 e. The fourth-order valence-electron chi connectivity index (χ4n) is 2.99. The van der Waals surface area contributed by atoms with Gasteiger partial charge in [-0.25, -0.2) is 0 Å². The Labute approximate surface area is 130 Å². The summed E-state index contributed by atoms with van der Waals surface area (Å²) >= 11 is 0. The van der Waals surface area contributed by atoms with Crippen molar-refractivity contribution in [1.82, 2.24) is 9.80 Å². The van der Waals surface area contributed by atoms with Crippen LogP contribution in [-0.4, -0.2) is 46.5 Å². The van der Waals surface area contributed by atoms with Crippen molar-refractivity contribution in [3.63, 3.8) is 0 Å². The van der Waals surface area contributed by atoms with Crippen LogP contribution in [0.5, 0.6) is 0 Å². The van der Waals surface area contributed by atoms with E-state index >= 15 is 0 Å². The van der Waals surface area contributed by atoms with Crippen molar-refractivity contribution in [2.45, 2.75) is 64.2 Å². The van der Waals surface area contributed by atoms with Gasteiger partial charge in [-0.15, -0.1) is 0 Å². The van der Waals surface area contributed by atoms with E-state index in [-0.39, 0.29) is 23.6 Å². The predicted octanol–water partition coefficient (Wildman–Crippen LogP) is 1.62. The number of unbranched alkanes of at least 4 members (excludes halogenated alkanes) is 5. The molecule has 0 radical (unpaired) electrons. The monoisotopic (exact) mass is 308 g/mol. The van der Waals surface area contributed by atoms with Crippen molar-refractivity contribution in [3.05, 3.63) is 0 Å². The minimum atomic E-state index is -0.0371. The number of likely N-dealkylation sites (tertiary alicyclic amines) is 2. The Morgan fingerprint density at radius 1 is 0.500 bits per heavy atom. The average Bonchev–Trinajstić information content (AvgIpc) is 2.98. The molecule has 0 aliphatic carbocycles. The van der Waals surface area contributed by atoms with E-state index in [1.54, 1.807) is 0 Å². The highest BCUT2D eigenvalue weighted by atomic mass is 16.2. The SMILES string of the molecule is O=C1CCC(=O)N1CCCCCCCCN1C(=O)CCC1=O. The highest BCUT2D eigenvalue weighted by molar-refractivity contribution is 6.02. The molecule has 0 bridgehead atoms. The van der Waals surface area contributed by atoms with E-state index in [2.05, 4.69) is 0 Å². The fraction of sp³-hybridized carbons (Fsp3) is 0.750. The number of hydrogen-bond donors (Lipinski definition) is 0. The lowest BCUT2D eigenvalue weighted by atomic mass is 10.1. The molecule has 0 aromatic carbocycles. The molecule has 2 heterocycles. The van der Waals surface area contributed by atoms with Crippen molar-refractivity contribution in [1.29, 1.82) is 0 Å². The Bertz CT molecular complexity index is 387. The van der Waals surface area contributed by atoms with Gasteiger partial charge in [-0.3, -0.25) is 29.0 Å². The van der Waals surface area contributed by atoms with E-state index in [1.165, 1.54) is 9.80 Å². The van der Waals surface area contributed by atoms with Gasteiger partial charge in [0.2, 0.25) is 23.6 Å². The molecule has 2 aliphatic heterocycles. The van der Waals surface area contributed by atoms with E-state index in [4.69, 9.17) is 0 Å². The summed E-state index contributed by atoms with van der Waals surface area (Å²) in [7, 11) is 0. The van der Waals surface area contributed by atoms with Gasteiger partial charge in [0.1, 0.15) is 0 Å². The number of imide groups is 2. The summed E-state index contributed by atoms with van der Waals surface area (Å²) < 4.78 is 0. The third-order valence-electron chi connectivity index (χ3n) is 4.32. The van der Waals surface area contributed by atoms with Crippen molar-refractivity contribution < 1.29 is 19.2 Å². The van der Waals surface area contributed by atoms with Gasteiger partial charge >= 0.3 is 0 Å². The smallest absolute Gasteiger partial charge is 0.229 e. The molecular weight excluding hydrogens is 284 g/mol. The highest BCUT2D eigenvalue weighted by Gasteiger charge is 2.28. The summed E-state index contributed by atoms with van der Waals surface area (Å²) in [6.45, 7) is 1.10. The molecule has 4 amide bonds. The lowest BCUT2D eigenvalue weighted by Gasteiger charge is -2.14. The number of carbonyl (C=O) groups is 4. The van der Waals surface area contributed by atoms with Crippen LogP contribution in [0.25, 0.3) is 0 Å². The van der Waals surface area contributed by atoms with Crippen LogP contribution >= 0.6 is 0 Å². The predicted molar refractivity (Wildman–Crippen MR) is 79.6 cm³/mol. The second-order valence-corrected chi connectivity index (χ2v) is 6.00. The first kappa shape index (κ1) is 16.6. The van der Waals surface area contributed by atoms with Gasteiger partial charge in [-0.05, 0) is 12.8 Å². The Morgan fingerprint density at radius 2 is 0.773 bits per heavy atom. The number of hydrogen-bond acceptors (Lipinski definition) is 4. The minimum absolute atomic E-state index is 0.0371. The molecule has 0 aromatic heterocycles. The molecule has 22 heavy (non-hydrogen) atoms. The first-order valence-electron chi connectivity index (χ1n) is 8.26. The molecule has 2 rings (SSSR count). The van der Waals surface area contributed by atoms with E-state index in [0.717, 1.165) is 38.5 Å². The van der Waals surface area contributed by atoms with Crippen molar-refractivity contribution in [2.75, 3.05) is 13.1 Å². The van der Waals surface area contributed by atoms with Crippen molar-refractivity contribution in [2.24, 2.45) is 0 Å². The number of nitrogens with zero attached hydrogens (tertiary/aromatic N) is 2. The largest absolute Gasteiger partial charge is 0.283 e. The van der Waals surface area contributed by atoms with Gasteiger partial charge < -0.3 is 0 Å². The molecule has 122 valence electrons. The maximum atomic E-state index is 11.4. The Morgan fingerprint density at radius 3 is 1.09 bits per heavy atom. The Hall–Kier alpha value is -1.72. The van der Waals surface area contributed by atoms with E-state index < -0.39 is 0 Å². The zero-order chi connectivity index (χ0) is 15.9. The first-order chi connectivity index (χ1) is 10.6. The zero-order valence-electron chi connectivity index (χ0n) is 13.0. The normalized spacial score (nSPS) is 18.9. The Balaban J connectivity index is 1.46. The quantitative estimate of drug-likeness (QED) is 0.479. The number of amides is 4. The van der Waals surface area contributed by atoms with Crippen LogP contribution in [0, 0.1) is 0 Å². The molecule has 0 atom stereocenters. The molecule has 2 aliphatic rings. The third kappa shape index (κ3) is 4.39. The molecule has 0 aromatic rings. The van der Waals surface area contributed by atoms with Crippen LogP contribution < -0.4 is 0 Å². The molecule has 0 spiro atoms. The average molecular weight is 308 g/mol. The van der Waals surface area contributed by atoms with Crippen LogP contribution in [0.2, 0.25) is 0 Å². The van der Waals surface area contributed by atoms with Gasteiger partial charge in [0.25, 0.3) is 0 Å². The van der Waals surface area contributed by atoms with E-state index in [9.17, 15) is 19.2 Å². The minimum Gasteiger partial charge on any atom is -0.283 e. The second kappa shape index (κ2) is 8.06. The van der Waals surface area contributed by atoms with Crippen LogP contribution in [0.3, 0.4) is 0 Å². The fourth-order valence-corrected chi connectivity index (χ4v) is 2.99. The molecule has 2 fully saturated rings. The summed E-state index contributed by atoms with van der Waals surface area (Å²) in [5.41, 5.74) is 0. The highest BCUT2D eigenvalue weighted by Crippen LogP contribution is 2.15. The van der Waals surface area contributed by atoms with Gasteiger partial charge in [0, 0.05) is 38.8 Å². The van der Waals surface area contributed by atoms with Crippen LogP contribution in [-0.2, 0) is 19.2 Å². The van der Waals surface area contributed by atoms with Crippen LogP contribution in [0.15, 0.2) is 0 Å². The van der Waals surface area contributed by atoms with Gasteiger partial charge in [-0.2, -0.15) is 0 Å².